The van der Waals surface area contributed by atoms with Gasteiger partial charge < -0.3 is 9.47 Å². The first-order valence-corrected chi connectivity index (χ1v) is 13.4. The van der Waals surface area contributed by atoms with Crippen molar-refractivity contribution in [2.75, 3.05) is 0 Å². The van der Waals surface area contributed by atoms with E-state index in [0.717, 1.165) is 31.4 Å². The molecular formula is C31H27F9O2. The molecule has 0 unspecified atom stereocenters. The zero-order chi connectivity index (χ0) is 30.6. The van der Waals surface area contributed by atoms with E-state index >= 15 is 0 Å². The van der Waals surface area contributed by atoms with Gasteiger partial charge >= 0.3 is 12.2 Å². The number of benzene rings is 3. The van der Waals surface area contributed by atoms with Crippen LogP contribution in [0.2, 0.25) is 0 Å². The normalized spacial score (nSPS) is 17.2. The van der Waals surface area contributed by atoms with Gasteiger partial charge in [0.15, 0.2) is 23.6 Å². The second-order valence-corrected chi connectivity index (χ2v) is 10.3. The summed E-state index contributed by atoms with van der Waals surface area (Å²) in [6, 6.07) is 5.13. The summed E-state index contributed by atoms with van der Waals surface area (Å²) in [7, 11) is 0. The average Bonchev–Trinajstić information content (AvgIpc) is 2.91. The highest BCUT2D eigenvalue weighted by atomic mass is 19.3. The first-order valence-electron chi connectivity index (χ1n) is 13.4. The smallest absolute Gasteiger partial charge is 0.400 e. The Morgan fingerprint density at radius 3 is 1.95 bits per heavy atom. The molecule has 3 aromatic carbocycles. The number of unbranched alkanes of at least 4 members (excludes halogenated alkanes) is 1. The van der Waals surface area contributed by atoms with Gasteiger partial charge in [-0.2, -0.15) is 17.6 Å². The molecule has 42 heavy (non-hydrogen) atoms. The first kappa shape index (κ1) is 31.3. The zero-order valence-corrected chi connectivity index (χ0v) is 22.4. The molecule has 0 bridgehead atoms. The summed E-state index contributed by atoms with van der Waals surface area (Å²) < 4.78 is 137. The minimum atomic E-state index is -3.54. The molecule has 1 aliphatic rings. The van der Waals surface area contributed by atoms with E-state index in [9.17, 15) is 39.5 Å². The monoisotopic (exact) mass is 602 g/mol. The van der Waals surface area contributed by atoms with Crippen LogP contribution in [0.5, 0.6) is 11.5 Å². The minimum Gasteiger partial charge on any atom is -0.453 e. The molecule has 1 fully saturated rings. The molecule has 226 valence electrons. The molecule has 2 nitrogen and oxygen atoms in total. The molecule has 0 radical (unpaired) electrons. The van der Waals surface area contributed by atoms with Crippen molar-refractivity contribution in [3.63, 3.8) is 0 Å². The lowest BCUT2D eigenvalue weighted by Gasteiger charge is -2.33. The first-order chi connectivity index (χ1) is 19.9. The van der Waals surface area contributed by atoms with Crippen molar-refractivity contribution in [1.82, 2.24) is 0 Å². The van der Waals surface area contributed by atoms with Crippen molar-refractivity contribution in [2.45, 2.75) is 58.0 Å². The maximum atomic E-state index is 15.0. The Balaban J connectivity index is 1.52. The Bertz CT molecular complexity index is 1400. The molecule has 1 saturated carbocycles. The van der Waals surface area contributed by atoms with Gasteiger partial charge in [-0.3, -0.25) is 0 Å². The van der Waals surface area contributed by atoms with Crippen LogP contribution in [-0.4, -0.2) is 6.11 Å². The number of alkyl halides is 2. The van der Waals surface area contributed by atoms with Crippen LogP contribution >= 0.6 is 0 Å². The summed E-state index contributed by atoms with van der Waals surface area (Å²) in [5.41, 5.74) is -2.15. The number of hydrogen-bond donors (Lipinski definition) is 0. The second kappa shape index (κ2) is 13.1. The quantitative estimate of drug-likeness (QED) is 0.170. The Hall–Kier alpha value is -3.63. The SMILES string of the molecule is CCCCC1CCC(C(F)(F)Oc2ccc(-c3cc(F)c(-c4cc(F)c(OC=C(F)F)c(F)c4)c(F)c3)c(F)c2)CC1. The highest BCUT2D eigenvalue weighted by Gasteiger charge is 2.44. The van der Waals surface area contributed by atoms with Crippen molar-refractivity contribution in [3.8, 4) is 33.8 Å². The molecule has 0 atom stereocenters. The number of ether oxygens (including phenoxy) is 2. The second-order valence-electron chi connectivity index (χ2n) is 10.3. The summed E-state index contributed by atoms with van der Waals surface area (Å²) in [5.74, 6) is -9.04. The van der Waals surface area contributed by atoms with Gasteiger partial charge in [-0.25, -0.2) is 22.0 Å². The average molecular weight is 603 g/mol. The van der Waals surface area contributed by atoms with E-state index in [0.29, 0.717) is 49.1 Å². The molecule has 11 heteroatoms. The molecule has 0 aromatic heterocycles. The molecule has 0 spiro atoms. The van der Waals surface area contributed by atoms with E-state index in [1.807, 2.05) is 0 Å². The van der Waals surface area contributed by atoms with E-state index in [1.54, 1.807) is 0 Å². The van der Waals surface area contributed by atoms with E-state index in [-0.39, 0.29) is 30.2 Å². The van der Waals surface area contributed by atoms with Crippen LogP contribution < -0.4 is 9.47 Å². The van der Waals surface area contributed by atoms with E-state index in [2.05, 4.69) is 11.7 Å². The third-order valence-electron chi connectivity index (χ3n) is 7.39. The maximum Gasteiger partial charge on any atom is 0.400 e. The maximum absolute atomic E-state index is 15.0. The zero-order valence-electron chi connectivity index (χ0n) is 22.4. The Kier molecular flexibility index (Phi) is 9.78. The van der Waals surface area contributed by atoms with Crippen molar-refractivity contribution < 1.29 is 49.0 Å². The number of hydrogen-bond acceptors (Lipinski definition) is 2. The molecule has 0 saturated heterocycles. The predicted octanol–water partition coefficient (Wildman–Crippen LogP) is 10.8. The Morgan fingerprint density at radius 2 is 1.40 bits per heavy atom. The predicted molar refractivity (Wildman–Crippen MR) is 139 cm³/mol. The van der Waals surface area contributed by atoms with Crippen molar-refractivity contribution in [2.24, 2.45) is 11.8 Å². The lowest BCUT2D eigenvalue weighted by Crippen LogP contribution is -2.37. The highest BCUT2D eigenvalue weighted by molar-refractivity contribution is 5.73. The van der Waals surface area contributed by atoms with Gasteiger partial charge in [-0.1, -0.05) is 26.2 Å². The third kappa shape index (κ3) is 7.22. The fourth-order valence-electron chi connectivity index (χ4n) is 5.24. The summed E-state index contributed by atoms with van der Waals surface area (Å²) in [6.07, 6.45) is -1.13. The third-order valence-corrected chi connectivity index (χ3v) is 7.39. The number of rotatable bonds is 10. The van der Waals surface area contributed by atoms with Gasteiger partial charge in [0, 0.05) is 11.6 Å². The van der Waals surface area contributed by atoms with Gasteiger partial charge in [0.2, 0.25) is 0 Å². The molecule has 1 aliphatic carbocycles. The van der Waals surface area contributed by atoms with E-state index < -0.39 is 69.8 Å². The summed E-state index contributed by atoms with van der Waals surface area (Å²) >= 11 is 0. The van der Waals surface area contributed by atoms with Crippen LogP contribution in [0.4, 0.5) is 39.5 Å². The van der Waals surface area contributed by atoms with Gasteiger partial charge in [-0.15, -0.1) is 0 Å². The summed E-state index contributed by atoms with van der Waals surface area (Å²) in [4.78, 5) is 0. The lowest BCUT2D eigenvalue weighted by molar-refractivity contribution is -0.223. The fourth-order valence-corrected chi connectivity index (χ4v) is 5.24. The molecule has 4 rings (SSSR count). The van der Waals surface area contributed by atoms with Crippen LogP contribution in [0.15, 0.2) is 54.8 Å². The Morgan fingerprint density at radius 1 is 0.810 bits per heavy atom. The van der Waals surface area contributed by atoms with Crippen LogP contribution in [0.1, 0.15) is 51.9 Å². The fraction of sp³-hybridized carbons (Fsp3) is 0.355. The van der Waals surface area contributed by atoms with Gasteiger partial charge in [0.25, 0.3) is 0 Å². The van der Waals surface area contributed by atoms with Crippen molar-refractivity contribution in [3.05, 3.63) is 83.9 Å². The van der Waals surface area contributed by atoms with Crippen molar-refractivity contribution >= 4 is 0 Å². The largest absolute Gasteiger partial charge is 0.453 e. The molecule has 3 aromatic rings. The summed E-state index contributed by atoms with van der Waals surface area (Å²) in [6.45, 7) is 2.07. The molecular weight excluding hydrogens is 575 g/mol. The standard InChI is InChI=1S/C31H27F9O2/c1-2-3-4-17-5-7-20(8-6-17)31(39,40)42-21-9-10-22(23(32)15-21)18-11-24(33)29(25(34)12-18)19-13-26(35)30(27(36)14-19)41-16-28(37)38/h9-17,20H,2-8H2,1H3. The van der Waals surface area contributed by atoms with E-state index in [4.69, 9.17) is 4.74 Å². The van der Waals surface area contributed by atoms with Crippen LogP contribution in [-0.2, 0) is 0 Å². The van der Waals surface area contributed by atoms with Crippen LogP contribution in [0.3, 0.4) is 0 Å². The molecule has 0 heterocycles. The van der Waals surface area contributed by atoms with Gasteiger partial charge in [0.05, 0.1) is 11.5 Å². The van der Waals surface area contributed by atoms with Gasteiger partial charge in [-0.05, 0) is 79.1 Å². The highest BCUT2D eigenvalue weighted by Crippen LogP contribution is 2.42. The molecule has 0 aliphatic heterocycles. The molecule has 0 amide bonds. The number of halogens is 9. The van der Waals surface area contributed by atoms with Gasteiger partial charge in [0.1, 0.15) is 23.2 Å². The summed E-state index contributed by atoms with van der Waals surface area (Å²) in [5, 5.41) is 0. The topological polar surface area (TPSA) is 18.5 Å². The lowest BCUT2D eigenvalue weighted by atomic mass is 9.79. The van der Waals surface area contributed by atoms with E-state index in [1.165, 1.54) is 0 Å². The Labute approximate surface area is 236 Å². The van der Waals surface area contributed by atoms with Crippen molar-refractivity contribution in [1.29, 1.82) is 0 Å². The van der Waals surface area contributed by atoms with Crippen LogP contribution in [0, 0.1) is 40.9 Å². The van der Waals surface area contributed by atoms with Crippen LogP contribution in [0.25, 0.3) is 22.3 Å². The molecule has 0 N–H and O–H groups in total. The minimum absolute atomic E-state index is 0.206.